The van der Waals surface area contributed by atoms with E-state index < -0.39 is 63.6 Å². The second-order valence-corrected chi connectivity index (χ2v) is 12.1. The highest BCUT2D eigenvalue weighted by atomic mass is 16.7. The van der Waals surface area contributed by atoms with E-state index in [2.05, 4.69) is 6.92 Å². The summed E-state index contributed by atoms with van der Waals surface area (Å²) in [6.07, 6.45) is 4.30. The summed E-state index contributed by atoms with van der Waals surface area (Å²) in [5.41, 5.74) is -3.20. The smallest absolute Gasteiger partial charge is 0.339 e. The summed E-state index contributed by atoms with van der Waals surface area (Å²) in [6, 6.07) is 1.77. The number of allylic oxidation sites excluding steroid dienone is 2. The molecule has 1 spiro atoms. The van der Waals surface area contributed by atoms with Crippen LogP contribution in [0, 0.1) is 33.5 Å². The van der Waals surface area contributed by atoms with Gasteiger partial charge in [0, 0.05) is 27.7 Å². The quantitative estimate of drug-likeness (QED) is 0.494. The molecule has 4 fully saturated rings. The molecule has 0 unspecified atom stereocenters. The molecule has 33 heavy (non-hydrogen) atoms. The second kappa shape index (κ2) is 5.99. The van der Waals surface area contributed by atoms with Gasteiger partial charge >= 0.3 is 5.97 Å². The highest BCUT2D eigenvalue weighted by Crippen LogP contribution is 2.79. The lowest BCUT2D eigenvalue weighted by molar-refractivity contribution is -0.274. The van der Waals surface area contributed by atoms with Crippen molar-refractivity contribution in [1.82, 2.24) is 0 Å². The first-order chi connectivity index (χ1) is 15.4. The number of ether oxygens (including phenoxy) is 2. The van der Waals surface area contributed by atoms with Gasteiger partial charge in [-0.05, 0) is 36.3 Å². The lowest BCUT2D eigenvalue weighted by Gasteiger charge is -2.69. The number of carbonyl (C=O) groups excluding carboxylic acids is 2. The number of fused-ring (bicyclic) bond motifs is 3. The van der Waals surface area contributed by atoms with E-state index in [1.54, 1.807) is 18.4 Å². The van der Waals surface area contributed by atoms with Gasteiger partial charge in [-0.25, -0.2) is 4.79 Å². The highest BCUT2D eigenvalue weighted by Gasteiger charge is 2.89. The fraction of sp³-hybridized carbons (Fsp3) is 0.692. The first kappa shape index (κ1) is 21.6. The number of hydrogen-bond donors (Lipinski definition) is 2. The minimum atomic E-state index is -0.992. The van der Waals surface area contributed by atoms with E-state index in [1.807, 2.05) is 33.8 Å². The van der Waals surface area contributed by atoms with Crippen LogP contribution >= 0.6 is 0 Å². The zero-order valence-corrected chi connectivity index (χ0v) is 19.7. The molecule has 3 aliphatic carbocycles. The number of ketones is 1. The van der Waals surface area contributed by atoms with Crippen LogP contribution in [0.3, 0.4) is 0 Å². The number of carbonyl (C=O) groups is 2. The first-order valence-electron chi connectivity index (χ1n) is 11.9. The van der Waals surface area contributed by atoms with E-state index in [0.29, 0.717) is 18.4 Å². The van der Waals surface area contributed by atoms with Crippen molar-refractivity contribution >= 4 is 11.8 Å². The molecule has 0 amide bonds. The Morgan fingerprint density at radius 1 is 1.06 bits per heavy atom. The maximum Gasteiger partial charge on any atom is 0.339 e. The van der Waals surface area contributed by atoms with E-state index in [9.17, 15) is 19.8 Å². The zero-order chi connectivity index (χ0) is 23.8. The van der Waals surface area contributed by atoms with Crippen molar-refractivity contribution in [1.29, 1.82) is 0 Å². The van der Waals surface area contributed by atoms with Gasteiger partial charge in [-0.2, -0.15) is 0 Å². The minimum absolute atomic E-state index is 0.0379. The van der Waals surface area contributed by atoms with Crippen LogP contribution in [0.25, 0.3) is 0 Å². The van der Waals surface area contributed by atoms with Crippen molar-refractivity contribution in [3.05, 3.63) is 36.3 Å². The van der Waals surface area contributed by atoms with Gasteiger partial charge in [0.15, 0.2) is 11.9 Å². The van der Waals surface area contributed by atoms with Crippen LogP contribution in [0.5, 0.6) is 0 Å². The van der Waals surface area contributed by atoms with Gasteiger partial charge < -0.3 is 24.1 Å². The Hall–Kier alpha value is -1.96. The molecule has 0 bridgehead atoms. The van der Waals surface area contributed by atoms with E-state index in [-0.39, 0.29) is 11.7 Å². The number of aliphatic hydroxyl groups excluding tert-OH is 2. The molecule has 7 heteroatoms. The van der Waals surface area contributed by atoms with Gasteiger partial charge in [-0.1, -0.05) is 40.7 Å². The van der Waals surface area contributed by atoms with Crippen LogP contribution in [0.15, 0.2) is 35.2 Å². The third kappa shape index (κ3) is 2.14. The first-order valence-corrected chi connectivity index (χ1v) is 11.9. The van der Waals surface area contributed by atoms with Crippen LogP contribution in [-0.2, 0) is 19.1 Å². The van der Waals surface area contributed by atoms with Crippen molar-refractivity contribution < 1.29 is 33.7 Å². The minimum Gasteiger partial charge on any atom is -0.472 e. The number of furan rings is 1. The fourth-order valence-electron chi connectivity index (χ4n) is 9.02. The average Bonchev–Trinajstić information content (AvgIpc) is 3.31. The summed E-state index contributed by atoms with van der Waals surface area (Å²) in [4.78, 5) is 25.8. The molecule has 6 rings (SSSR count). The Morgan fingerprint density at radius 3 is 2.45 bits per heavy atom. The van der Waals surface area contributed by atoms with Crippen molar-refractivity contribution in [3.8, 4) is 0 Å². The summed E-state index contributed by atoms with van der Waals surface area (Å²) >= 11 is 0. The monoisotopic (exact) mass is 456 g/mol. The molecule has 10 atom stereocenters. The number of hydrogen-bond acceptors (Lipinski definition) is 7. The molecule has 1 aromatic heterocycles. The predicted octanol–water partition coefficient (Wildman–Crippen LogP) is 2.96. The fourth-order valence-corrected chi connectivity index (χ4v) is 9.02. The van der Waals surface area contributed by atoms with Gasteiger partial charge in [0.1, 0.15) is 11.7 Å². The van der Waals surface area contributed by atoms with Crippen molar-refractivity contribution in [2.45, 2.75) is 77.5 Å². The molecule has 0 aromatic carbocycles. The lowest BCUT2D eigenvalue weighted by Crippen LogP contribution is -2.75. The maximum absolute atomic E-state index is 13.1. The summed E-state index contributed by atoms with van der Waals surface area (Å²) in [6.45, 7) is 9.90. The molecule has 2 N–H and O–H groups in total. The van der Waals surface area contributed by atoms with Crippen molar-refractivity contribution in [2.24, 2.45) is 33.5 Å². The summed E-state index contributed by atoms with van der Waals surface area (Å²) in [5.74, 6) is -0.958. The molecule has 7 nitrogen and oxygen atoms in total. The molecule has 5 aliphatic rings. The topological polar surface area (TPSA) is 110 Å². The Morgan fingerprint density at radius 2 is 1.79 bits per heavy atom. The van der Waals surface area contributed by atoms with Crippen LogP contribution in [-0.4, -0.2) is 45.9 Å². The Balaban J connectivity index is 1.56. The number of epoxide rings is 1. The van der Waals surface area contributed by atoms with Crippen LogP contribution in [0.4, 0.5) is 0 Å². The van der Waals surface area contributed by atoms with E-state index in [0.717, 1.165) is 0 Å². The van der Waals surface area contributed by atoms with Crippen LogP contribution in [0.2, 0.25) is 0 Å². The summed E-state index contributed by atoms with van der Waals surface area (Å²) in [5, 5.41) is 23.6. The zero-order valence-electron chi connectivity index (χ0n) is 19.7. The van der Waals surface area contributed by atoms with Gasteiger partial charge in [-0.15, -0.1) is 0 Å². The molecule has 2 saturated heterocycles. The van der Waals surface area contributed by atoms with Crippen molar-refractivity contribution in [3.63, 3.8) is 0 Å². The lowest BCUT2D eigenvalue weighted by atomic mass is 9.35. The Bertz CT molecular complexity index is 1070. The van der Waals surface area contributed by atoms with Gasteiger partial charge in [0.05, 0.1) is 24.7 Å². The molecular weight excluding hydrogens is 424 g/mol. The average molecular weight is 457 g/mol. The van der Waals surface area contributed by atoms with E-state index >= 15 is 0 Å². The molecule has 2 aliphatic heterocycles. The molecular formula is C26H32O7. The maximum atomic E-state index is 13.1. The summed E-state index contributed by atoms with van der Waals surface area (Å²) < 4.78 is 17.5. The standard InChI is InChI=1S/C26H32O7/c1-22(2)15-10-17(29)25(5)18(23(15,3)8-6-16(22)28)14(27)11-24(4)19(13-7-9-31-12-13)32-21(30)20-26(24,25)33-20/h6-9,12,14-15,17-20,27,29H,10-11H2,1-5H3/t14-,15+,17-,18-,19+,20-,23+,24+,25-,26-/m1/s1. The summed E-state index contributed by atoms with van der Waals surface area (Å²) in [7, 11) is 0. The molecule has 2 saturated carbocycles. The number of aliphatic hydroxyl groups is 2. The molecule has 1 aromatic rings. The molecule has 178 valence electrons. The Labute approximate surface area is 193 Å². The van der Waals surface area contributed by atoms with Crippen molar-refractivity contribution in [2.75, 3.05) is 0 Å². The normalized spacial score (nSPS) is 53.9. The van der Waals surface area contributed by atoms with Crippen LogP contribution in [0.1, 0.15) is 59.1 Å². The van der Waals surface area contributed by atoms with E-state index in [4.69, 9.17) is 13.9 Å². The highest BCUT2D eigenvalue weighted by molar-refractivity contribution is 5.95. The SMILES string of the molecule is CC1(C)C(=O)C=C[C@]2(C)[C@H]3[C@H](O)C[C@@]4(C)[C@H](c5ccoc5)OC(=O)[C@H]5O[C@]54[C@]3(C)[C@H](O)C[C@@H]12. The predicted molar refractivity (Wildman–Crippen MR) is 116 cm³/mol. The number of cyclic esters (lactones) is 1. The molecule has 3 heterocycles. The van der Waals surface area contributed by atoms with E-state index in [1.165, 1.54) is 6.26 Å². The second-order valence-electron chi connectivity index (χ2n) is 12.1. The Kier molecular flexibility index (Phi) is 3.91. The largest absolute Gasteiger partial charge is 0.472 e. The third-order valence-corrected chi connectivity index (χ3v) is 10.5. The van der Waals surface area contributed by atoms with Gasteiger partial charge in [0.2, 0.25) is 0 Å². The number of rotatable bonds is 1. The third-order valence-electron chi connectivity index (χ3n) is 10.5. The number of esters is 1. The van der Waals surface area contributed by atoms with Crippen LogP contribution < -0.4 is 0 Å². The van der Waals surface area contributed by atoms with Gasteiger partial charge in [-0.3, -0.25) is 4.79 Å². The molecule has 0 radical (unpaired) electrons. The van der Waals surface area contributed by atoms with Gasteiger partial charge in [0.25, 0.3) is 0 Å².